The van der Waals surface area contributed by atoms with Crippen molar-refractivity contribution < 1.29 is 0 Å². The van der Waals surface area contributed by atoms with Crippen LogP contribution in [0.15, 0.2) is 40.2 Å². The molecule has 0 aliphatic carbocycles. The summed E-state index contributed by atoms with van der Waals surface area (Å²) in [7, 11) is 0. The third-order valence-electron chi connectivity index (χ3n) is 2.87. The van der Waals surface area contributed by atoms with Crippen molar-refractivity contribution in [2.24, 2.45) is 5.73 Å². The number of hydrogen-bond acceptors (Lipinski definition) is 2. The summed E-state index contributed by atoms with van der Waals surface area (Å²) < 4.78 is 1.17. The molecule has 2 rings (SSSR count). The van der Waals surface area contributed by atoms with Gasteiger partial charge in [0.1, 0.15) is 0 Å². The lowest BCUT2D eigenvalue weighted by Crippen LogP contribution is -2.12. The van der Waals surface area contributed by atoms with E-state index in [9.17, 15) is 0 Å². The number of nitrogens with two attached hydrogens (primary N) is 1. The predicted octanol–water partition coefficient (Wildman–Crippen LogP) is 4.32. The minimum absolute atomic E-state index is 0.0893. The average molecular weight is 310 g/mol. The quantitative estimate of drug-likeness (QED) is 0.894. The summed E-state index contributed by atoms with van der Waals surface area (Å²) in [5.41, 5.74) is 8.79. The van der Waals surface area contributed by atoms with Crippen molar-refractivity contribution in [3.8, 4) is 0 Å². The van der Waals surface area contributed by atoms with Gasteiger partial charge in [0.2, 0.25) is 0 Å². The molecule has 0 spiro atoms. The lowest BCUT2D eigenvalue weighted by Gasteiger charge is -2.11. The molecule has 0 radical (unpaired) electrons. The fraction of sp³-hybridized carbons (Fsp3) is 0.286. The number of thiophene rings is 1. The Morgan fingerprint density at radius 3 is 2.41 bits per heavy atom. The first kappa shape index (κ1) is 12.8. The normalized spacial score (nSPS) is 12.6. The first-order valence-corrected chi connectivity index (χ1v) is 7.38. The fourth-order valence-corrected chi connectivity index (χ4v) is 3.34. The maximum absolute atomic E-state index is 6.22. The van der Waals surface area contributed by atoms with Gasteiger partial charge in [-0.1, -0.05) is 31.2 Å². The van der Waals surface area contributed by atoms with E-state index in [-0.39, 0.29) is 6.04 Å². The number of aryl methyl sites for hydroxylation is 1. The average Bonchev–Trinajstić information content (AvgIpc) is 2.75. The van der Waals surface area contributed by atoms with Gasteiger partial charge in [-0.25, -0.2) is 0 Å². The van der Waals surface area contributed by atoms with Gasteiger partial charge in [0.05, 0.1) is 3.79 Å². The lowest BCUT2D eigenvalue weighted by molar-refractivity contribution is 0.729. The summed E-state index contributed by atoms with van der Waals surface area (Å²) in [5.74, 6) is 0. The van der Waals surface area contributed by atoms with E-state index in [1.54, 1.807) is 11.3 Å². The minimum Gasteiger partial charge on any atom is -0.324 e. The predicted molar refractivity (Wildman–Crippen MR) is 78.5 cm³/mol. The SMILES string of the molecule is CCc1ccc(C(N)Cc2ccc(Br)s2)cc1. The molecule has 17 heavy (non-hydrogen) atoms. The second-order valence-electron chi connectivity index (χ2n) is 4.11. The van der Waals surface area contributed by atoms with Crippen LogP contribution in [0.5, 0.6) is 0 Å². The summed E-state index contributed by atoms with van der Waals surface area (Å²) in [6.45, 7) is 2.16. The summed E-state index contributed by atoms with van der Waals surface area (Å²) in [5, 5.41) is 0. The summed E-state index contributed by atoms with van der Waals surface area (Å²) in [6.07, 6.45) is 1.98. The highest BCUT2D eigenvalue weighted by atomic mass is 79.9. The zero-order valence-electron chi connectivity index (χ0n) is 9.82. The zero-order chi connectivity index (χ0) is 12.3. The second-order valence-corrected chi connectivity index (χ2v) is 6.66. The van der Waals surface area contributed by atoms with Gasteiger partial charge in [0, 0.05) is 17.3 Å². The topological polar surface area (TPSA) is 26.0 Å². The largest absolute Gasteiger partial charge is 0.324 e. The molecular weight excluding hydrogens is 294 g/mol. The van der Waals surface area contributed by atoms with Crippen LogP contribution in [-0.4, -0.2) is 0 Å². The van der Waals surface area contributed by atoms with Gasteiger partial charge in [-0.05, 0) is 45.6 Å². The number of halogens is 1. The van der Waals surface area contributed by atoms with Crippen LogP contribution in [0.2, 0.25) is 0 Å². The standard InChI is InChI=1S/C14H16BrNS/c1-2-10-3-5-11(6-4-10)13(16)9-12-7-8-14(15)17-12/h3-8,13H,2,9,16H2,1H3. The van der Waals surface area contributed by atoms with E-state index < -0.39 is 0 Å². The maximum Gasteiger partial charge on any atom is 0.0701 e. The van der Waals surface area contributed by atoms with Crippen molar-refractivity contribution in [2.75, 3.05) is 0 Å². The van der Waals surface area contributed by atoms with Crippen molar-refractivity contribution in [2.45, 2.75) is 25.8 Å². The lowest BCUT2D eigenvalue weighted by atomic mass is 10.0. The van der Waals surface area contributed by atoms with Gasteiger partial charge in [-0.3, -0.25) is 0 Å². The van der Waals surface area contributed by atoms with Crippen LogP contribution in [0.25, 0.3) is 0 Å². The third-order valence-corrected chi connectivity index (χ3v) is 4.51. The molecule has 1 aromatic carbocycles. The molecule has 0 fully saturated rings. The van der Waals surface area contributed by atoms with E-state index in [2.05, 4.69) is 59.3 Å². The van der Waals surface area contributed by atoms with Crippen LogP contribution in [0, 0.1) is 0 Å². The number of hydrogen-bond donors (Lipinski definition) is 1. The van der Waals surface area contributed by atoms with Gasteiger partial charge in [-0.15, -0.1) is 11.3 Å². The van der Waals surface area contributed by atoms with Gasteiger partial charge in [0.15, 0.2) is 0 Å². The molecular formula is C14H16BrNS. The van der Waals surface area contributed by atoms with Gasteiger partial charge >= 0.3 is 0 Å². The van der Waals surface area contributed by atoms with Crippen molar-refractivity contribution in [1.29, 1.82) is 0 Å². The first-order chi connectivity index (χ1) is 8.19. The molecule has 2 aromatic rings. The molecule has 0 bridgehead atoms. The van der Waals surface area contributed by atoms with E-state index in [0.29, 0.717) is 0 Å². The van der Waals surface area contributed by atoms with Crippen molar-refractivity contribution in [1.82, 2.24) is 0 Å². The molecule has 0 aliphatic heterocycles. The highest BCUT2D eigenvalue weighted by Crippen LogP contribution is 2.26. The van der Waals surface area contributed by atoms with Crippen molar-refractivity contribution in [3.63, 3.8) is 0 Å². The molecule has 1 unspecified atom stereocenters. The Morgan fingerprint density at radius 1 is 1.18 bits per heavy atom. The molecule has 0 saturated carbocycles. The Kier molecular flexibility index (Phi) is 4.37. The molecule has 1 heterocycles. The molecule has 90 valence electrons. The number of benzene rings is 1. The zero-order valence-corrected chi connectivity index (χ0v) is 12.2. The Bertz CT molecular complexity index is 475. The smallest absolute Gasteiger partial charge is 0.0701 e. The number of rotatable bonds is 4. The molecule has 1 atom stereocenters. The van der Waals surface area contributed by atoms with Crippen LogP contribution in [0.1, 0.15) is 29.0 Å². The molecule has 0 aliphatic rings. The van der Waals surface area contributed by atoms with E-state index >= 15 is 0 Å². The van der Waals surface area contributed by atoms with Crippen LogP contribution < -0.4 is 5.73 Å². The monoisotopic (exact) mass is 309 g/mol. The van der Waals surface area contributed by atoms with E-state index in [4.69, 9.17) is 5.73 Å². The van der Waals surface area contributed by atoms with E-state index in [0.717, 1.165) is 12.8 Å². The van der Waals surface area contributed by atoms with Crippen molar-refractivity contribution >= 4 is 27.3 Å². The maximum atomic E-state index is 6.22. The Hall–Kier alpha value is -0.640. The van der Waals surface area contributed by atoms with E-state index in [1.807, 2.05) is 0 Å². The summed E-state index contributed by atoms with van der Waals surface area (Å²) >= 11 is 5.23. The molecule has 1 nitrogen and oxygen atoms in total. The molecule has 3 heteroatoms. The van der Waals surface area contributed by atoms with Crippen LogP contribution in [-0.2, 0) is 12.8 Å². The molecule has 0 amide bonds. The highest BCUT2D eigenvalue weighted by Gasteiger charge is 2.08. The van der Waals surface area contributed by atoms with Crippen LogP contribution in [0.4, 0.5) is 0 Å². The molecule has 2 N–H and O–H groups in total. The van der Waals surface area contributed by atoms with Crippen molar-refractivity contribution in [3.05, 3.63) is 56.2 Å². The fourth-order valence-electron chi connectivity index (χ4n) is 1.80. The molecule has 1 aromatic heterocycles. The second kappa shape index (κ2) is 5.80. The Morgan fingerprint density at radius 2 is 1.88 bits per heavy atom. The molecule has 0 saturated heterocycles. The van der Waals surface area contributed by atoms with Gasteiger partial charge in [0.25, 0.3) is 0 Å². The van der Waals surface area contributed by atoms with E-state index in [1.165, 1.54) is 19.8 Å². The Balaban J connectivity index is 2.06. The van der Waals surface area contributed by atoms with Crippen LogP contribution >= 0.6 is 27.3 Å². The van der Waals surface area contributed by atoms with Crippen LogP contribution in [0.3, 0.4) is 0 Å². The van der Waals surface area contributed by atoms with Gasteiger partial charge < -0.3 is 5.73 Å². The van der Waals surface area contributed by atoms with Gasteiger partial charge in [-0.2, -0.15) is 0 Å². The summed E-state index contributed by atoms with van der Waals surface area (Å²) in [6, 6.07) is 12.9. The first-order valence-electron chi connectivity index (χ1n) is 5.77. The highest BCUT2D eigenvalue weighted by molar-refractivity contribution is 9.11. The minimum atomic E-state index is 0.0893. The summed E-state index contributed by atoms with van der Waals surface area (Å²) in [4.78, 5) is 1.32. The Labute approximate surface area is 115 Å². The third kappa shape index (κ3) is 3.41.